The number of aromatic hydroxyl groups is 1. The maximum absolute atomic E-state index is 13.1. The van der Waals surface area contributed by atoms with Gasteiger partial charge in [-0.15, -0.1) is 11.3 Å². The van der Waals surface area contributed by atoms with Crippen LogP contribution >= 0.6 is 27.3 Å². The van der Waals surface area contributed by atoms with Crippen molar-refractivity contribution in [3.05, 3.63) is 69.1 Å². The first-order valence-electron chi connectivity index (χ1n) is 9.28. The number of benzene rings is 2. The molecule has 1 aliphatic heterocycles. The predicted octanol–water partition coefficient (Wildman–Crippen LogP) is 4.25. The van der Waals surface area contributed by atoms with Crippen LogP contribution in [-0.4, -0.2) is 41.1 Å². The third-order valence-electron chi connectivity index (χ3n) is 5.00. The number of methoxy groups -OCH3 is 2. The average molecular weight is 517 g/mol. The number of anilines is 1. The summed E-state index contributed by atoms with van der Waals surface area (Å²) in [6.07, 6.45) is 1.52. The van der Waals surface area contributed by atoms with Crippen molar-refractivity contribution in [1.82, 2.24) is 4.98 Å². The minimum absolute atomic E-state index is 0.113. The number of hydrogen-bond donors (Lipinski definition) is 2. The Hall–Kier alpha value is -3.37. The highest BCUT2D eigenvalue weighted by Gasteiger charge is 2.48. The number of nitrogens with zero attached hydrogens (tertiary/aromatic N) is 2. The zero-order valence-electron chi connectivity index (χ0n) is 16.9. The summed E-state index contributed by atoms with van der Waals surface area (Å²) in [5, 5.41) is 23.3. The summed E-state index contributed by atoms with van der Waals surface area (Å²) in [6, 6.07) is 8.61. The number of ketones is 1. The fraction of sp³-hybridized carbons (Fsp3) is 0.136. The molecule has 1 atom stereocenters. The fourth-order valence-electron chi connectivity index (χ4n) is 3.51. The number of phenols is 1. The van der Waals surface area contributed by atoms with Gasteiger partial charge in [-0.25, -0.2) is 4.98 Å². The van der Waals surface area contributed by atoms with E-state index in [1.54, 1.807) is 35.7 Å². The number of carbonyl (C=O) groups excluding carboxylic acids is 2. The Labute approximate surface area is 195 Å². The van der Waals surface area contributed by atoms with Gasteiger partial charge in [0.2, 0.25) is 0 Å². The van der Waals surface area contributed by atoms with Crippen molar-refractivity contribution in [3.8, 4) is 17.2 Å². The summed E-state index contributed by atoms with van der Waals surface area (Å²) in [4.78, 5) is 31.6. The number of Topliss-reactive ketones (excluding diaryl/α,β-unsaturated/α-hetero) is 1. The molecule has 2 N–H and O–H groups in total. The molecule has 164 valence electrons. The Kier molecular flexibility index (Phi) is 5.90. The predicted molar refractivity (Wildman–Crippen MR) is 122 cm³/mol. The van der Waals surface area contributed by atoms with Gasteiger partial charge >= 0.3 is 5.91 Å². The Morgan fingerprint density at radius 3 is 2.62 bits per heavy atom. The number of carbonyl (C=O) groups is 2. The van der Waals surface area contributed by atoms with Crippen LogP contribution in [-0.2, 0) is 9.59 Å². The maximum atomic E-state index is 13.1. The van der Waals surface area contributed by atoms with Crippen LogP contribution < -0.4 is 14.4 Å². The van der Waals surface area contributed by atoms with Gasteiger partial charge in [0.1, 0.15) is 11.5 Å². The Bertz CT molecular complexity index is 1240. The lowest BCUT2D eigenvalue weighted by Gasteiger charge is -2.24. The molecule has 1 amide bonds. The molecule has 1 saturated heterocycles. The smallest absolute Gasteiger partial charge is 0.301 e. The first-order valence-corrected chi connectivity index (χ1v) is 11.0. The van der Waals surface area contributed by atoms with Gasteiger partial charge in [0.05, 0.1) is 30.3 Å². The summed E-state index contributed by atoms with van der Waals surface area (Å²) >= 11 is 4.46. The van der Waals surface area contributed by atoms with E-state index < -0.39 is 17.7 Å². The molecule has 0 radical (unpaired) electrons. The van der Waals surface area contributed by atoms with E-state index in [0.717, 1.165) is 0 Å². The van der Waals surface area contributed by atoms with Crippen molar-refractivity contribution in [2.75, 3.05) is 19.1 Å². The second-order valence-electron chi connectivity index (χ2n) is 6.77. The monoisotopic (exact) mass is 516 g/mol. The molecule has 0 saturated carbocycles. The number of hydrogen-bond acceptors (Lipinski definition) is 8. The van der Waals surface area contributed by atoms with E-state index >= 15 is 0 Å². The molecule has 0 aliphatic carbocycles. The normalized spacial score (nSPS) is 17.6. The number of phenolic OH excluding ortho intramolecular Hbond substituents is 1. The molecule has 1 fully saturated rings. The molecule has 0 spiro atoms. The molecule has 2 aromatic carbocycles. The number of aliphatic hydroxyl groups excluding tert-OH is 1. The molecule has 0 bridgehead atoms. The van der Waals surface area contributed by atoms with E-state index in [0.29, 0.717) is 26.5 Å². The Morgan fingerprint density at radius 1 is 1.19 bits per heavy atom. The van der Waals surface area contributed by atoms with Gasteiger partial charge in [0.25, 0.3) is 5.78 Å². The number of aromatic nitrogens is 1. The summed E-state index contributed by atoms with van der Waals surface area (Å²) in [6.45, 7) is 0. The van der Waals surface area contributed by atoms with Crippen LogP contribution in [0.2, 0.25) is 0 Å². The third-order valence-corrected chi connectivity index (χ3v) is 6.37. The van der Waals surface area contributed by atoms with E-state index in [9.17, 15) is 19.8 Å². The van der Waals surface area contributed by atoms with Crippen molar-refractivity contribution in [2.45, 2.75) is 6.04 Å². The van der Waals surface area contributed by atoms with Crippen molar-refractivity contribution in [2.24, 2.45) is 0 Å². The molecule has 4 rings (SSSR count). The lowest BCUT2D eigenvalue weighted by molar-refractivity contribution is -0.132. The number of halogens is 1. The maximum Gasteiger partial charge on any atom is 0.301 e. The quantitative estimate of drug-likeness (QED) is 0.296. The van der Waals surface area contributed by atoms with E-state index in [-0.39, 0.29) is 22.8 Å². The number of thiazole rings is 1. The molecule has 1 aromatic heterocycles. The van der Waals surface area contributed by atoms with Crippen LogP contribution in [0.3, 0.4) is 0 Å². The summed E-state index contributed by atoms with van der Waals surface area (Å²) in [5.41, 5.74) is 0.639. The second kappa shape index (κ2) is 8.64. The molecule has 32 heavy (non-hydrogen) atoms. The van der Waals surface area contributed by atoms with E-state index in [2.05, 4.69) is 20.9 Å². The molecule has 10 heteroatoms. The zero-order valence-corrected chi connectivity index (χ0v) is 19.3. The van der Waals surface area contributed by atoms with Crippen LogP contribution in [0.15, 0.2) is 58.0 Å². The van der Waals surface area contributed by atoms with Gasteiger partial charge in [-0.1, -0.05) is 12.1 Å². The Balaban J connectivity index is 1.98. The number of rotatable bonds is 5. The van der Waals surface area contributed by atoms with Gasteiger partial charge in [-0.2, -0.15) is 0 Å². The van der Waals surface area contributed by atoms with E-state index in [1.165, 1.54) is 42.7 Å². The fourth-order valence-corrected chi connectivity index (χ4v) is 4.64. The average Bonchev–Trinajstić information content (AvgIpc) is 3.42. The highest BCUT2D eigenvalue weighted by Crippen LogP contribution is 2.46. The number of aliphatic hydroxyl groups is 1. The zero-order chi connectivity index (χ0) is 23.0. The molecule has 2 heterocycles. The first-order chi connectivity index (χ1) is 15.4. The molecule has 8 nitrogen and oxygen atoms in total. The van der Waals surface area contributed by atoms with Crippen LogP contribution in [0, 0.1) is 0 Å². The van der Waals surface area contributed by atoms with Crippen LogP contribution in [0.25, 0.3) is 5.76 Å². The van der Waals surface area contributed by atoms with Gasteiger partial charge in [-0.3, -0.25) is 14.5 Å². The van der Waals surface area contributed by atoms with Crippen molar-refractivity contribution in [1.29, 1.82) is 0 Å². The van der Waals surface area contributed by atoms with E-state index in [4.69, 9.17) is 9.47 Å². The minimum atomic E-state index is -1.00. The standard InChI is InChI=1S/C22H17BrN2O6S/c1-30-13-5-3-4-11(8-13)18(26)16-17(12-9-14(23)19(27)15(10-12)31-2)25(21(29)20(16)28)22-24-6-7-32-22/h3-10,17,26-27H,1-2H3. The highest BCUT2D eigenvalue weighted by atomic mass is 79.9. The molecule has 1 unspecified atom stereocenters. The van der Waals surface area contributed by atoms with Gasteiger partial charge < -0.3 is 19.7 Å². The van der Waals surface area contributed by atoms with Crippen LogP contribution in [0.1, 0.15) is 17.2 Å². The van der Waals surface area contributed by atoms with Crippen LogP contribution in [0.5, 0.6) is 17.2 Å². The van der Waals surface area contributed by atoms with Crippen molar-refractivity contribution < 1.29 is 29.3 Å². The van der Waals surface area contributed by atoms with Gasteiger partial charge in [0.15, 0.2) is 16.6 Å². The molecular formula is C22H17BrN2O6S. The number of amides is 1. The van der Waals surface area contributed by atoms with Gasteiger partial charge in [0, 0.05) is 17.1 Å². The molecular weight excluding hydrogens is 500 g/mol. The van der Waals surface area contributed by atoms with Crippen LogP contribution in [0.4, 0.5) is 5.13 Å². The van der Waals surface area contributed by atoms with Gasteiger partial charge in [-0.05, 0) is 45.8 Å². The molecule has 3 aromatic rings. The van der Waals surface area contributed by atoms with Crippen molar-refractivity contribution in [3.63, 3.8) is 0 Å². The lowest BCUT2D eigenvalue weighted by atomic mass is 9.95. The largest absolute Gasteiger partial charge is 0.507 e. The highest BCUT2D eigenvalue weighted by molar-refractivity contribution is 9.10. The third kappa shape index (κ3) is 3.61. The SMILES string of the molecule is COc1cccc(C(O)=C2C(=O)C(=O)N(c3nccs3)C2c2cc(Br)c(O)c(OC)c2)c1. The summed E-state index contributed by atoms with van der Waals surface area (Å²) < 4.78 is 10.8. The summed E-state index contributed by atoms with van der Waals surface area (Å²) in [5.74, 6) is -1.54. The van der Waals surface area contributed by atoms with E-state index in [1.807, 2.05) is 0 Å². The lowest BCUT2D eigenvalue weighted by Crippen LogP contribution is -2.29. The topological polar surface area (TPSA) is 109 Å². The van der Waals surface area contributed by atoms with Crippen molar-refractivity contribution >= 4 is 49.8 Å². The Morgan fingerprint density at radius 2 is 1.97 bits per heavy atom. The second-order valence-corrected chi connectivity index (χ2v) is 8.50. The molecule has 1 aliphatic rings. The minimum Gasteiger partial charge on any atom is -0.507 e. The number of ether oxygens (including phenoxy) is 2. The summed E-state index contributed by atoms with van der Waals surface area (Å²) in [7, 11) is 2.88. The first kappa shape index (κ1) is 21.8.